The molecule has 2 aromatic carbocycles. The van der Waals surface area contributed by atoms with Crippen LogP contribution in [-0.4, -0.2) is 21.3 Å². The predicted molar refractivity (Wildman–Crippen MR) is 103 cm³/mol. The molecule has 0 saturated carbocycles. The number of aromatic nitrogens is 1. The number of nitrogens with zero attached hydrogens (tertiary/aromatic N) is 1. The number of phenolic OH excluding ortho intramolecular Hbond substituents is 1. The van der Waals surface area contributed by atoms with Crippen LogP contribution in [0.1, 0.15) is 31.7 Å². The van der Waals surface area contributed by atoms with Crippen LogP contribution in [0.25, 0.3) is 28.2 Å². The Morgan fingerprint density at radius 1 is 1.04 bits per heavy atom. The van der Waals surface area contributed by atoms with Gasteiger partial charge in [-0.05, 0) is 74.2 Å². The van der Waals surface area contributed by atoms with E-state index in [9.17, 15) is 10.2 Å². The molecule has 3 heteroatoms. The lowest BCUT2D eigenvalue weighted by atomic mass is 10.1. The Bertz CT molecular complexity index is 867. The number of rotatable bonds is 6. The summed E-state index contributed by atoms with van der Waals surface area (Å²) in [5, 5.41) is 19.8. The highest BCUT2D eigenvalue weighted by atomic mass is 16.3. The smallest absolute Gasteiger partial charge is 0.115 e. The fourth-order valence-electron chi connectivity index (χ4n) is 2.79. The fourth-order valence-corrected chi connectivity index (χ4v) is 2.79. The lowest BCUT2D eigenvalue weighted by Crippen LogP contribution is -1.97. The molecular formula is C22H23NO2. The molecular weight excluding hydrogens is 310 g/mol. The monoisotopic (exact) mass is 333 g/mol. The Labute approximate surface area is 148 Å². The minimum atomic E-state index is -0.220. The van der Waals surface area contributed by atoms with Gasteiger partial charge in [0.15, 0.2) is 0 Å². The summed E-state index contributed by atoms with van der Waals surface area (Å²) in [6.45, 7) is 1.83. The van der Waals surface area contributed by atoms with Gasteiger partial charge in [-0.1, -0.05) is 24.3 Å². The first-order valence-electron chi connectivity index (χ1n) is 8.66. The van der Waals surface area contributed by atoms with Crippen molar-refractivity contribution in [2.24, 2.45) is 0 Å². The molecule has 0 fully saturated rings. The van der Waals surface area contributed by atoms with Gasteiger partial charge in [0, 0.05) is 10.9 Å². The highest BCUT2D eigenvalue weighted by Crippen LogP contribution is 2.23. The standard InChI is InChI=1S/C22H23NO2/c1-16(24)5-3-2-4-6-17-7-13-22-19(15-17)10-14-21(23-22)18-8-11-20(25)12-9-18/h4,6-16,24-25H,2-3,5H2,1H3/b6-4+. The predicted octanol–water partition coefficient (Wildman–Crippen LogP) is 5.17. The van der Waals surface area contributed by atoms with Crippen molar-refractivity contribution in [3.63, 3.8) is 0 Å². The Morgan fingerprint density at radius 2 is 1.84 bits per heavy atom. The number of allylic oxidation sites excluding steroid dienone is 1. The maximum Gasteiger partial charge on any atom is 0.115 e. The number of fused-ring (bicyclic) bond motifs is 1. The lowest BCUT2D eigenvalue weighted by molar-refractivity contribution is 0.182. The molecule has 128 valence electrons. The Balaban J connectivity index is 1.74. The summed E-state index contributed by atoms with van der Waals surface area (Å²) in [6.07, 6.45) is 6.87. The maximum absolute atomic E-state index is 9.40. The summed E-state index contributed by atoms with van der Waals surface area (Å²) in [5.74, 6) is 0.259. The second-order valence-corrected chi connectivity index (χ2v) is 6.38. The van der Waals surface area contributed by atoms with E-state index in [-0.39, 0.29) is 11.9 Å². The SMILES string of the molecule is CC(O)CCC/C=C/c1ccc2nc(-c3ccc(O)cc3)ccc2c1. The molecule has 1 atom stereocenters. The number of aliphatic hydroxyl groups excluding tert-OH is 1. The molecule has 2 N–H and O–H groups in total. The van der Waals surface area contributed by atoms with Gasteiger partial charge < -0.3 is 10.2 Å². The quantitative estimate of drug-likeness (QED) is 0.612. The molecule has 0 aliphatic heterocycles. The van der Waals surface area contributed by atoms with Gasteiger partial charge in [0.25, 0.3) is 0 Å². The topological polar surface area (TPSA) is 53.4 Å². The van der Waals surface area contributed by atoms with Gasteiger partial charge in [0.05, 0.1) is 17.3 Å². The van der Waals surface area contributed by atoms with E-state index in [0.717, 1.165) is 47.0 Å². The van der Waals surface area contributed by atoms with Gasteiger partial charge in [-0.2, -0.15) is 0 Å². The third-order valence-corrected chi connectivity index (χ3v) is 4.18. The van der Waals surface area contributed by atoms with Crippen molar-refractivity contribution in [2.45, 2.75) is 32.3 Å². The van der Waals surface area contributed by atoms with Gasteiger partial charge in [-0.15, -0.1) is 0 Å². The van der Waals surface area contributed by atoms with Crippen molar-refractivity contribution < 1.29 is 10.2 Å². The van der Waals surface area contributed by atoms with Crippen LogP contribution >= 0.6 is 0 Å². The van der Waals surface area contributed by atoms with E-state index < -0.39 is 0 Å². The van der Waals surface area contributed by atoms with Crippen molar-refractivity contribution >= 4 is 17.0 Å². The highest BCUT2D eigenvalue weighted by molar-refractivity contribution is 5.83. The average Bonchev–Trinajstić information content (AvgIpc) is 2.61. The van der Waals surface area contributed by atoms with Crippen molar-refractivity contribution in [2.75, 3.05) is 0 Å². The molecule has 1 heterocycles. The molecule has 0 bridgehead atoms. The molecule has 3 nitrogen and oxygen atoms in total. The van der Waals surface area contributed by atoms with Gasteiger partial charge in [0.1, 0.15) is 5.75 Å². The number of hydrogen-bond acceptors (Lipinski definition) is 3. The molecule has 1 unspecified atom stereocenters. The second-order valence-electron chi connectivity index (χ2n) is 6.38. The summed E-state index contributed by atoms with van der Waals surface area (Å²) in [5.41, 5.74) is 4.00. The zero-order chi connectivity index (χ0) is 17.6. The number of phenols is 1. The third-order valence-electron chi connectivity index (χ3n) is 4.18. The van der Waals surface area contributed by atoms with Crippen LogP contribution in [0.5, 0.6) is 5.75 Å². The molecule has 0 spiro atoms. The van der Waals surface area contributed by atoms with Crippen LogP contribution in [-0.2, 0) is 0 Å². The first-order valence-corrected chi connectivity index (χ1v) is 8.66. The van der Waals surface area contributed by atoms with Gasteiger partial charge in [-0.3, -0.25) is 0 Å². The van der Waals surface area contributed by atoms with Crippen LogP contribution in [0, 0.1) is 0 Å². The lowest BCUT2D eigenvalue weighted by Gasteiger charge is -2.05. The van der Waals surface area contributed by atoms with Crippen LogP contribution in [0.2, 0.25) is 0 Å². The summed E-state index contributed by atoms with van der Waals surface area (Å²) in [7, 11) is 0. The molecule has 0 amide bonds. The van der Waals surface area contributed by atoms with Crippen molar-refractivity contribution in [1.82, 2.24) is 4.98 Å². The third kappa shape index (κ3) is 4.68. The first-order chi connectivity index (χ1) is 12.1. The molecule has 0 aliphatic carbocycles. The number of unbranched alkanes of at least 4 members (excludes halogenated alkanes) is 1. The van der Waals surface area contributed by atoms with E-state index in [0.29, 0.717) is 0 Å². The van der Waals surface area contributed by atoms with E-state index in [1.165, 1.54) is 0 Å². The summed E-state index contributed by atoms with van der Waals surface area (Å²) >= 11 is 0. The number of aromatic hydroxyl groups is 1. The molecule has 25 heavy (non-hydrogen) atoms. The summed E-state index contributed by atoms with van der Waals surface area (Å²) < 4.78 is 0. The zero-order valence-corrected chi connectivity index (χ0v) is 14.4. The van der Waals surface area contributed by atoms with Gasteiger partial charge in [-0.25, -0.2) is 4.98 Å². The van der Waals surface area contributed by atoms with E-state index in [2.05, 4.69) is 30.4 Å². The largest absolute Gasteiger partial charge is 0.508 e. The van der Waals surface area contributed by atoms with E-state index in [4.69, 9.17) is 4.98 Å². The van der Waals surface area contributed by atoms with Crippen LogP contribution in [0.4, 0.5) is 0 Å². The Morgan fingerprint density at radius 3 is 2.60 bits per heavy atom. The molecule has 3 rings (SSSR count). The van der Waals surface area contributed by atoms with Crippen LogP contribution in [0.3, 0.4) is 0 Å². The number of pyridine rings is 1. The van der Waals surface area contributed by atoms with Crippen molar-refractivity contribution in [3.05, 3.63) is 66.2 Å². The normalized spacial score (nSPS) is 12.7. The van der Waals surface area contributed by atoms with E-state index >= 15 is 0 Å². The summed E-state index contributed by atoms with van der Waals surface area (Å²) in [4.78, 5) is 4.71. The maximum atomic E-state index is 9.40. The highest BCUT2D eigenvalue weighted by Gasteiger charge is 2.02. The van der Waals surface area contributed by atoms with Gasteiger partial charge >= 0.3 is 0 Å². The minimum absolute atomic E-state index is 0.220. The Hall–Kier alpha value is -2.65. The molecule has 0 saturated heterocycles. The molecule has 0 aliphatic rings. The Kier molecular flexibility index (Phi) is 5.46. The van der Waals surface area contributed by atoms with Crippen molar-refractivity contribution in [3.8, 4) is 17.0 Å². The number of benzene rings is 2. The first kappa shape index (κ1) is 17.2. The van der Waals surface area contributed by atoms with Crippen LogP contribution in [0.15, 0.2) is 60.7 Å². The number of hydrogen-bond donors (Lipinski definition) is 2. The summed E-state index contributed by atoms with van der Waals surface area (Å²) in [6, 6.07) is 17.4. The fraction of sp³-hybridized carbons (Fsp3) is 0.227. The van der Waals surface area contributed by atoms with Gasteiger partial charge in [0.2, 0.25) is 0 Å². The number of aliphatic hydroxyl groups is 1. The molecule has 3 aromatic rings. The van der Waals surface area contributed by atoms with Crippen LogP contribution < -0.4 is 0 Å². The second kappa shape index (κ2) is 7.95. The molecule has 0 radical (unpaired) electrons. The average molecular weight is 333 g/mol. The zero-order valence-electron chi connectivity index (χ0n) is 14.4. The minimum Gasteiger partial charge on any atom is -0.508 e. The van der Waals surface area contributed by atoms with E-state index in [1.807, 2.05) is 31.2 Å². The van der Waals surface area contributed by atoms with E-state index in [1.54, 1.807) is 12.1 Å². The molecule has 1 aromatic heterocycles. The van der Waals surface area contributed by atoms with Crippen molar-refractivity contribution in [1.29, 1.82) is 0 Å².